The third kappa shape index (κ3) is 1.82. The molecule has 4 saturated carbocycles. The van der Waals surface area contributed by atoms with Crippen molar-refractivity contribution in [3.8, 4) is 6.07 Å². The van der Waals surface area contributed by atoms with Crippen LogP contribution >= 0.6 is 0 Å². The summed E-state index contributed by atoms with van der Waals surface area (Å²) < 4.78 is 0. The molecule has 19 heavy (non-hydrogen) atoms. The first-order chi connectivity index (χ1) is 9.26. The van der Waals surface area contributed by atoms with Crippen molar-refractivity contribution < 1.29 is 0 Å². The van der Waals surface area contributed by atoms with Crippen molar-refractivity contribution in [3.63, 3.8) is 0 Å². The summed E-state index contributed by atoms with van der Waals surface area (Å²) in [5.41, 5.74) is 1.92. The predicted octanol–water partition coefficient (Wildman–Crippen LogP) is 3.33. The third-order valence-electron chi connectivity index (χ3n) is 5.38. The van der Waals surface area contributed by atoms with Crippen LogP contribution in [0.15, 0.2) is 18.5 Å². The molecule has 3 heteroatoms. The molecular weight excluding hydrogens is 234 g/mol. The molecule has 4 bridgehead atoms. The lowest BCUT2D eigenvalue weighted by molar-refractivity contribution is 0.0107. The fraction of sp³-hybridized carbons (Fsp3) is 0.625. The van der Waals surface area contributed by atoms with Crippen LogP contribution in [0.25, 0.3) is 0 Å². The van der Waals surface area contributed by atoms with E-state index in [1.807, 2.05) is 12.3 Å². The molecule has 0 atom stereocenters. The Balaban J connectivity index is 1.64. The maximum absolute atomic E-state index is 9.21. The van der Waals surface area contributed by atoms with E-state index in [4.69, 9.17) is 0 Å². The second kappa shape index (κ2) is 3.96. The molecule has 0 aromatic carbocycles. The Morgan fingerprint density at radius 1 is 1.16 bits per heavy atom. The van der Waals surface area contributed by atoms with E-state index in [-0.39, 0.29) is 5.54 Å². The highest BCUT2D eigenvalue weighted by Gasteiger charge is 2.51. The molecule has 3 nitrogen and oxygen atoms in total. The van der Waals surface area contributed by atoms with Crippen LogP contribution in [0.4, 0.5) is 5.69 Å². The number of nitriles is 1. The average molecular weight is 253 g/mol. The summed E-state index contributed by atoms with van der Waals surface area (Å²) in [5.74, 6) is 2.75. The van der Waals surface area contributed by atoms with Gasteiger partial charge in [-0.1, -0.05) is 0 Å². The Morgan fingerprint density at radius 2 is 1.79 bits per heavy atom. The summed E-state index contributed by atoms with van der Waals surface area (Å²) in [6.45, 7) is 0. The first-order valence-corrected chi connectivity index (χ1v) is 7.39. The minimum Gasteiger partial charge on any atom is -0.377 e. The van der Waals surface area contributed by atoms with E-state index < -0.39 is 0 Å². The number of aromatic nitrogens is 1. The summed E-state index contributed by atoms with van der Waals surface area (Å²) in [6.07, 6.45) is 11.7. The van der Waals surface area contributed by atoms with Crippen molar-refractivity contribution in [1.29, 1.82) is 5.26 Å². The number of anilines is 1. The molecule has 4 aliphatic rings. The van der Waals surface area contributed by atoms with E-state index in [9.17, 15) is 5.26 Å². The van der Waals surface area contributed by atoms with Gasteiger partial charge in [0.2, 0.25) is 0 Å². The molecule has 0 aliphatic heterocycles. The van der Waals surface area contributed by atoms with Gasteiger partial charge in [-0.3, -0.25) is 4.98 Å². The van der Waals surface area contributed by atoms with Gasteiger partial charge in [0.15, 0.2) is 0 Å². The lowest BCUT2D eigenvalue weighted by atomic mass is 9.53. The van der Waals surface area contributed by atoms with Gasteiger partial charge >= 0.3 is 0 Å². The summed E-state index contributed by atoms with van der Waals surface area (Å²) in [7, 11) is 0. The quantitative estimate of drug-likeness (QED) is 0.879. The number of rotatable bonds is 2. The SMILES string of the molecule is N#Cc1ccncc1NC12CC3CC(CC(C3)C1)C2. The van der Waals surface area contributed by atoms with Crippen LogP contribution in [-0.4, -0.2) is 10.5 Å². The van der Waals surface area contributed by atoms with Crippen LogP contribution in [0.3, 0.4) is 0 Å². The summed E-state index contributed by atoms with van der Waals surface area (Å²) in [4.78, 5) is 4.18. The normalized spacial score (nSPS) is 39.0. The van der Waals surface area contributed by atoms with Gasteiger partial charge in [-0.2, -0.15) is 5.26 Å². The largest absolute Gasteiger partial charge is 0.377 e. The lowest BCUT2D eigenvalue weighted by Gasteiger charge is -2.57. The van der Waals surface area contributed by atoms with Gasteiger partial charge in [-0.15, -0.1) is 0 Å². The number of hydrogen-bond donors (Lipinski definition) is 1. The van der Waals surface area contributed by atoms with E-state index >= 15 is 0 Å². The molecule has 5 rings (SSSR count). The summed E-state index contributed by atoms with van der Waals surface area (Å²) in [5, 5.41) is 12.9. The zero-order valence-electron chi connectivity index (χ0n) is 11.1. The molecule has 4 fully saturated rings. The molecule has 4 aliphatic carbocycles. The van der Waals surface area contributed by atoms with E-state index in [0.29, 0.717) is 0 Å². The minimum atomic E-state index is 0.253. The molecule has 1 heterocycles. The summed E-state index contributed by atoms with van der Waals surface area (Å²) >= 11 is 0. The van der Waals surface area contributed by atoms with Crippen LogP contribution in [0, 0.1) is 29.1 Å². The van der Waals surface area contributed by atoms with Crippen LogP contribution in [0.5, 0.6) is 0 Å². The third-order valence-corrected chi connectivity index (χ3v) is 5.38. The van der Waals surface area contributed by atoms with Crippen molar-refractivity contribution in [2.24, 2.45) is 17.8 Å². The van der Waals surface area contributed by atoms with Gasteiger partial charge in [0, 0.05) is 11.7 Å². The number of pyridine rings is 1. The molecule has 0 saturated heterocycles. The summed E-state index contributed by atoms with van der Waals surface area (Å²) in [6, 6.07) is 4.08. The molecule has 1 aromatic heterocycles. The molecule has 0 radical (unpaired) electrons. The molecular formula is C16H19N3. The Bertz CT molecular complexity index is 508. The molecule has 0 amide bonds. The monoisotopic (exact) mass is 253 g/mol. The highest BCUT2D eigenvalue weighted by atomic mass is 15.0. The van der Waals surface area contributed by atoms with Crippen molar-refractivity contribution in [2.75, 3.05) is 5.32 Å². The number of nitrogens with zero attached hydrogens (tertiary/aromatic N) is 2. The second-order valence-electron chi connectivity index (χ2n) is 6.86. The number of nitrogens with one attached hydrogen (secondary N) is 1. The van der Waals surface area contributed by atoms with Crippen molar-refractivity contribution in [3.05, 3.63) is 24.0 Å². The van der Waals surface area contributed by atoms with Gasteiger partial charge in [-0.05, 0) is 62.3 Å². The zero-order chi connectivity index (χ0) is 12.9. The van der Waals surface area contributed by atoms with Gasteiger partial charge in [0.25, 0.3) is 0 Å². The van der Waals surface area contributed by atoms with Crippen LogP contribution in [0.2, 0.25) is 0 Å². The topological polar surface area (TPSA) is 48.7 Å². The Kier molecular flexibility index (Phi) is 2.35. The molecule has 0 spiro atoms. The highest BCUT2D eigenvalue weighted by molar-refractivity contribution is 5.57. The standard InChI is InChI=1S/C16H19N3/c17-9-14-1-2-18-10-15(14)19-16-6-11-3-12(7-16)5-13(4-11)8-16/h1-2,10-13,19H,3-8H2. The lowest BCUT2D eigenvalue weighted by Crippen LogP contribution is -2.54. The van der Waals surface area contributed by atoms with Gasteiger partial charge in [0.05, 0.1) is 17.4 Å². The fourth-order valence-electron chi connectivity index (χ4n) is 5.14. The smallest absolute Gasteiger partial charge is 0.101 e. The first kappa shape index (κ1) is 11.3. The predicted molar refractivity (Wildman–Crippen MR) is 73.5 cm³/mol. The Hall–Kier alpha value is -1.56. The second-order valence-corrected chi connectivity index (χ2v) is 6.86. The van der Waals surface area contributed by atoms with Gasteiger partial charge in [0.1, 0.15) is 6.07 Å². The Morgan fingerprint density at radius 3 is 2.37 bits per heavy atom. The maximum atomic E-state index is 9.21. The first-order valence-electron chi connectivity index (χ1n) is 7.39. The van der Waals surface area contributed by atoms with E-state index in [1.165, 1.54) is 38.5 Å². The average Bonchev–Trinajstić information content (AvgIpc) is 2.37. The van der Waals surface area contributed by atoms with E-state index in [2.05, 4.69) is 16.4 Å². The van der Waals surface area contributed by atoms with E-state index in [0.717, 1.165) is 29.0 Å². The van der Waals surface area contributed by atoms with Crippen LogP contribution < -0.4 is 5.32 Å². The Labute approximate surface area is 114 Å². The van der Waals surface area contributed by atoms with Crippen molar-refractivity contribution >= 4 is 5.69 Å². The molecule has 0 unspecified atom stereocenters. The maximum Gasteiger partial charge on any atom is 0.101 e. The molecule has 1 N–H and O–H groups in total. The van der Waals surface area contributed by atoms with E-state index in [1.54, 1.807) is 6.20 Å². The minimum absolute atomic E-state index is 0.253. The fourth-order valence-corrected chi connectivity index (χ4v) is 5.14. The van der Waals surface area contributed by atoms with Crippen LogP contribution in [-0.2, 0) is 0 Å². The van der Waals surface area contributed by atoms with Gasteiger partial charge < -0.3 is 5.32 Å². The van der Waals surface area contributed by atoms with Crippen molar-refractivity contribution in [1.82, 2.24) is 4.98 Å². The molecule has 98 valence electrons. The number of hydrogen-bond acceptors (Lipinski definition) is 3. The van der Waals surface area contributed by atoms with Crippen LogP contribution in [0.1, 0.15) is 44.1 Å². The van der Waals surface area contributed by atoms with Crippen molar-refractivity contribution in [2.45, 2.75) is 44.1 Å². The zero-order valence-corrected chi connectivity index (χ0v) is 11.1. The van der Waals surface area contributed by atoms with Gasteiger partial charge in [-0.25, -0.2) is 0 Å². The molecule has 1 aromatic rings. The highest BCUT2D eigenvalue weighted by Crippen LogP contribution is 2.56.